The van der Waals surface area contributed by atoms with Gasteiger partial charge in [-0.2, -0.15) is 0 Å². The van der Waals surface area contributed by atoms with Crippen LogP contribution in [0, 0.1) is 5.82 Å². The molecule has 2 nitrogen and oxygen atoms in total. The maximum Gasteiger partial charge on any atom is 0.129 e. The van der Waals surface area contributed by atoms with Crippen LogP contribution in [0.3, 0.4) is 0 Å². The van der Waals surface area contributed by atoms with Gasteiger partial charge in [0.15, 0.2) is 0 Å². The normalized spacial score (nSPS) is 12.9. The zero-order valence-electron chi connectivity index (χ0n) is 8.14. The van der Waals surface area contributed by atoms with Crippen LogP contribution in [0.25, 0.3) is 0 Å². The molecule has 4 N–H and O–H groups in total. The first-order chi connectivity index (χ1) is 7.07. The molecule has 0 saturated heterocycles. The Hall–Kier alpha value is -0.350. The van der Waals surface area contributed by atoms with Crippen LogP contribution >= 0.6 is 23.2 Å². The van der Waals surface area contributed by atoms with Crippen LogP contribution in [0.1, 0.15) is 24.4 Å². The third-order valence-corrected chi connectivity index (χ3v) is 2.99. The average molecular weight is 251 g/mol. The van der Waals surface area contributed by atoms with Gasteiger partial charge >= 0.3 is 0 Å². The lowest BCUT2D eigenvalue weighted by Gasteiger charge is -2.14. The molecule has 5 heteroatoms. The summed E-state index contributed by atoms with van der Waals surface area (Å²) in [5.41, 5.74) is 11.4. The Balaban J connectivity index is 2.96. The molecule has 1 aromatic carbocycles. The molecule has 0 bridgehead atoms. The molecular weight excluding hydrogens is 238 g/mol. The number of rotatable bonds is 4. The van der Waals surface area contributed by atoms with Gasteiger partial charge < -0.3 is 11.5 Å². The molecule has 0 aliphatic carbocycles. The van der Waals surface area contributed by atoms with Gasteiger partial charge in [-0.05, 0) is 31.5 Å². The molecule has 0 heterocycles. The number of nitrogens with two attached hydrogens (primary N) is 2. The van der Waals surface area contributed by atoms with Crippen LogP contribution in [0.5, 0.6) is 0 Å². The number of hydrogen-bond acceptors (Lipinski definition) is 2. The summed E-state index contributed by atoms with van der Waals surface area (Å²) in [6.07, 6.45) is 1.32. The first-order valence-electron chi connectivity index (χ1n) is 4.67. The third-order valence-electron chi connectivity index (χ3n) is 2.17. The van der Waals surface area contributed by atoms with Crippen molar-refractivity contribution in [3.05, 3.63) is 33.6 Å². The van der Waals surface area contributed by atoms with Crippen LogP contribution in [0.15, 0.2) is 12.1 Å². The first-order valence-corrected chi connectivity index (χ1v) is 5.42. The lowest BCUT2D eigenvalue weighted by atomic mass is 10.0. The minimum Gasteiger partial charge on any atom is -0.330 e. The summed E-state index contributed by atoms with van der Waals surface area (Å²) < 4.78 is 13.5. The molecule has 15 heavy (non-hydrogen) atoms. The van der Waals surface area contributed by atoms with Gasteiger partial charge in [0.05, 0.1) is 10.0 Å². The summed E-state index contributed by atoms with van der Waals surface area (Å²) in [6, 6.07) is 2.23. The Bertz CT molecular complexity index is 344. The summed E-state index contributed by atoms with van der Waals surface area (Å²) in [6.45, 7) is 0.521. The molecule has 0 spiro atoms. The molecule has 1 atom stereocenters. The Morgan fingerprint density at radius 3 is 2.60 bits per heavy atom. The van der Waals surface area contributed by atoms with Crippen molar-refractivity contribution >= 4 is 23.2 Å². The van der Waals surface area contributed by atoms with E-state index in [-0.39, 0.29) is 10.6 Å². The van der Waals surface area contributed by atoms with Gasteiger partial charge in [0, 0.05) is 11.6 Å². The Morgan fingerprint density at radius 1 is 1.33 bits per heavy atom. The minimum atomic E-state index is -0.459. The fourth-order valence-corrected chi connectivity index (χ4v) is 1.82. The van der Waals surface area contributed by atoms with E-state index in [1.54, 1.807) is 0 Å². The van der Waals surface area contributed by atoms with E-state index in [9.17, 15) is 4.39 Å². The highest BCUT2D eigenvalue weighted by atomic mass is 35.5. The van der Waals surface area contributed by atoms with E-state index in [1.165, 1.54) is 12.1 Å². The van der Waals surface area contributed by atoms with Gasteiger partial charge in [-0.25, -0.2) is 4.39 Å². The highest BCUT2D eigenvalue weighted by molar-refractivity contribution is 6.42. The van der Waals surface area contributed by atoms with Crippen LogP contribution in [0.2, 0.25) is 10.0 Å². The van der Waals surface area contributed by atoms with E-state index >= 15 is 0 Å². The zero-order valence-corrected chi connectivity index (χ0v) is 9.65. The summed E-state index contributed by atoms with van der Waals surface area (Å²) in [4.78, 5) is 0. The molecule has 0 saturated carbocycles. The summed E-state index contributed by atoms with van der Waals surface area (Å²) >= 11 is 11.7. The monoisotopic (exact) mass is 250 g/mol. The van der Waals surface area contributed by atoms with E-state index in [4.69, 9.17) is 34.7 Å². The summed E-state index contributed by atoms with van der Waals surface area (Å²) in [5, 5.41) is 0.512. The lowest BCUT2D eigenvalue weighted by Crippen LogP contribution is -2.14. The Morgan fingerprint density at radius 2 is 2.00 bits per heavy atom. The van der Waals surface area contributed by atoms with E-state index < -0.39 is 11.9 Å². The second-order valence-corrected chi connectivity index (χ2v) is 4.08. The fraction of sp³-hybridized carbons (Fsp3) is 0.400. The highest BCUT2D eigenvalue weighted by Crippen LogP contribution is 2.32. The van der Waals surface area contributed by atoms with E-state index in [2.05, 4.69) is 0 Å². The van der Waals surface area contributed by atoms with Crippen molar-refractivity contribution in [2.75, 3.05) is 6.54 Å². The van der Waals surface area contributed by atoms with Gasteiger partial charge in [0.2, 0.25) is 0 Å². The molecule has 84 valence electrons. The standard InChI is InChI=1S/C10H13Cl2FN2/c11-6-3-4-7(13)9(10(6)12)8(15)2-1-5-14/h3-4,8H,1-2,5,14-15H2/t8-/m1/s1. The van der Waals surface area contributed by atoms with Gasteiger partial charge in [0.25, 0.3) is 0 Å². The molecule has 0 aromatic heterocycles. The predicted octanol–water partition coefficient (Wildman–Crippen LogP) is 2.87. The SMILES string of the molecule is NCCC[C@@H](N)c1c(F)ccc(Cl)c1Cl. The summed E-state index contributed by atoms with van der Waals surface area (Å²) in [5.74, 6) is -0.422. The first kappa shape index (κ1) is 12.7. The number of hydrogen-bond donors (Lipinski definition) is 2. The van der Waals surface area contributed by atoms with Gasteiger partial charge in [-0.3, -0.25) is 0 Å². The smallest absolute Gasteiger partial charge is 0.129 e. The molecule has 0 radical (unpaired) electrons. The van der Waals surface area contributed by atoms with Crippen molar-refractivity contribution in [3.8, 4) is 0 Å². The van der Waals surface area contributed by atoms with Crippen LogP contribution in [-0.2, 0) is 0 Å². The van der Waals surface area contributed by atoms with E-state index in [0.717, 1.165) is 6.42 Å². The Kier molecular flexibility index (Phi) is 4.80. The lowest BCUT2D eigenvalue weighted by molar-refractivity contribution is 0.553. The topological polar surface area (TPSA) is 52.0 Å². The Labute approximate surface area is 98.3 Å². The van der Waals surface area contributed by atoms with Crippen molar-refractivity contribution < 1.29 is 4.39 Å². The summed E-state index contributed by atoms with van der Waals surface area (Å²) in [7, 11) is 0. The number of halogens is 3. The quantitative estimate of drug-likeness (QED) is 0.808. The van der Waals surface area contributed by atoms with Crippen LogP contribution in [-0.4, -0.2) is 6.54 Å². The van der Waals surface area contributed by atoms with Gasteiger partial charge in [-0.15, -0.1) is 0 Å². The van der Waals surface area contributed by atoms with Crippen molar-refractivity contribution in [1.29, 1.82) is 0 Å². The average Bonchev–Trinajstić information content (AvgIpc) is 2.21. The van der Waals surface area contributed by atoms with Crippen molar-refractivity contribution in [2.45, 2.75) is 18.9 Å². The maximum absolute atomic E-state index is 13.5. The van der Waals surface area contributed by atoms with Crippen LogP contribution < -0.4 is 11.5 Å². The molecule has 0 aliphatic heterocycles. The second-order valence-electron chi connectivity index (χ2n) is 3.29. The highest BCUT2D eigenvalue weighted by Gasteiger charge is 2.17. The molecule has 0 unspecified atom stereocenters. The molecule has 1 aromatic rings. The number of benzene rings is 1. The molecule has 0 aliphatic rings. The van der Waals surface area contributed by atoms with Gasteiger partial charge in [-0.1, -0.05) is 23.2 Å². The predicted molar refractivity (Wildman–Crippen MR) is 61.6 cm³/mol. The minimum absolute atomic E-state index is 0.196. The van der Waals surface area contributed by atoms with Crippen molar-refractivity contribution in [3.63, 3.8) is 0 Å². The third kappa shape index (κ3) is 3.05. The largest absolute Gasteiger partial charge is 0.330 e. The zero-order chi connectivity index (χ0) is 11.4. The van der Waals surface area contributed by atoms with Gasteiger partial charge in [0.1, 0.15) is 5.82 Å². The fourth-order valence-electron chi connectivity index (χ4n) is 1.36. The molecule has 0 amide bonds. The molecule has 0 fully saturated rings. The van der Waals surface area contributed by atoms with Crippen molar-refractivity contribution in [2.24, 2.45) is 11.5 Å². The molecule has 1 rings (SSSR count). The second kappa shape index (κ2) is 5.66. The van der Waals surface area contributed by atoms with E-state index in [1.807, 2.05) is 0 Å². The van der Waals surface area contributed by atoms with E-state index in [0.29, 0.717) is 18.0 Å². The van der Waals surface area contributed by atoms with Crippen LogP contribution in [0.4, 0.5) is 4.39 Å². The maximum atomic E-state index is 13.5. The molecular formula is C10H13Cl2FN2. The van der Waals surface area contributed by atoms with Crippen molar-refractivity contribution in [1.82, 2.24) is 0 Å².